The third-order valence-electron chi connectivity index (χ3n) is 6.88. The number of carboxylic acids is 2. The topological polar surface area (TPSA) is 159 Å². The van der Waals surface area contributed by atoms with Crippen molar-refractivity contribution in [2.75, 3.05) is 6.54 Å². The summed E-state index contributed by atoms with van der Waals surface area (Å²) in [5, 5.41) is 23.3. The molecule has 0 aliphatic rings. The van der Waals surface area contributed by atoms with Gasteiger partial charge in [-0.05, 0) is 32.1 Å². The molecule has 2 atom stereocenters. The maximum atomic E-state index is 12.2. The lowest BCUT2D eigenvalue weighted by Gasteiger charge is -2.14. The summed E-state index contributed by atoms with van der Waals surface area (Å²) in [7, 11) is 0. The summed E-state index contributed by atoms with van der Waals surface area (Å²) in [6.07, 6.45) is 20.5. The standard InChI is InChI=1S/C29H55N3O6/c1-2-3-4-5-6-7-8-9-10-11-12-13-14-15-16-20-27(34)32-25(29(37)38)21-22-26(33)31-23-18-17-19-24(30)28(35)36/h24-25H,2-23,30H2,1H3,(H,31,33)(H,32,34)(H,35,36)(H,37,38)/t24-,25-/m0/s1. The Labute approximate surface area is 230 Å². The molecule has 0 fully saturated rings. The van der Waals surface area contributed by atoms with Gasteiger partial charge in [-0.3, -0.25) is 14.4 Å². The van der Waals surface area contributed by atoms with Crippen LogP contribution in [0, 0.1) is 0 Å². The molecule has 0 aliphatic heterocycles. The van der Waals surface area contributed by atoms with Gasteiger partial charge in [-0.15, -0.1) is 0 Å². The maximum absolute atomic E-state index is 12.2. The number of aliphatic carboxylic acids is 2. The molecule has 222 valence electrons. The van der Waals surface area contributed by atoms with Crippen molar-refractivity contribution < 1.29 is 29.4 Å². The molecule has 6 N–H and O–H groups in total. The molecule has 0 aromatic rings. The quantitative estimate of drug-likeness (QED) is 0.0883. The summed E-state index contributed by atoms with van der Waals surface area (Å²) in [5.74, 6) is -2.78. The van der Waals surface area contributed by atoms with E-state index in [2.05, 4.69) is 17.6 Å². The highest BCUT2D eigenvalue weighted by Crippen LogP contribution is 2.14. The highest BCUT2D eigenvalue weighted by Gasteiger charge is 2.20. The second kappa shape index (κ2) is 25.1. The molecule has 9 heteroatoms. The van der Waals surface area contributed by atoms with Gasteiger partial charge in [-0.2, -0.15) is 0 Å². The molecule has 0 aliphatic carbocycles. The van der Waals surface area contributed by atoms with Crippen molar-refractivity contribution in [3.05, 3.63) is 0 Å². The Morgan fingerprint density at radius 2 is 1.11 bits per heavy atom. The Kier molecular flexibility index (Phi) is 23.7. The Morgan fingerprint density at radius 1 is 0.605 bits per heavy atom. The summed E-state index contributed by atoms with van der Waals surface area (Å²) in [5.41, 5.74) is 5.42. The van der Waals surface area contributed by atoms with Crippen LogP contribution in [-0.4, -0.2) is 52.6 Å². The van der Waals surface area contributed by atoms with E-state index in [1.54, 1.807) is 0 Å². The van der Waals surface area contributed by atoms with Gasteiger partial charge in [-0.25, -0.2) is 4.79 Å². The van der Waals surface area contributed by atoms with Gasteiger partial charge in [0.15, 0.2) is 0 Å². The normalized spacial score (nSPS) is 12.6. The lowest BCUT2D eigenvalue weighted by atomic mass is 10.0. The summed E-state index contributed by atoms with van der Waals surface area (Å²) < 4.78 is 0. The summed E-state index contributed by atoms with van der Waals surface area (Å²) in [6, 6.07) is -1.99. The van der Waals surface area contributed by atoms with E-state index < -0.39 is 24.0 Å². The highest BCUT2D eigenvalue weighted by atomic mass is 16.4. The zero-order valence-corrected chi connectivity index (χ0v) is 23.8. The number of hydrogen-bond acceptors (Lipinski definition) is 5. The second-order valence-electron chi connectivity index (χ2n) is 10.5. The molecule has 0 rings (SSSR count). The first-order chi connectivity index (χ1) is 18.3. The van der Waals surface area contributed by atoms with Crippen molar-refractivity contribution in [3.63, 3.8) is 0 Å². The predicted molar refractivity (Wildman–Crippen MR) is 151 cm³/mol. The van der Waals surface area contributed by atoms with Crippen molar-refractivity contribution in [2.24, 2.45) is 5.73 Å². The molecule has 38 heavy (non-hydrogen) atoms. The number of nitrogens with two attached hydrogens (primary N) is 1. The molecule has 0 spiro atoms. The number of carbonyl (C=O) groups excluding carboxylic acids is 2. The third kappa shape index (κ3) is 23.0. The fraction of sp³-hybridized carbons (Fsp3) is 0.862. The molecular formula is C29H55N3O6. The number of nitrogens with one attached hydrogen (secondary N) is 2. The first-order valence-corrected chi connectivity index (χ1v) is 15.0. The zero-order valence-electron chi connectivity index (χ0n) is 23.8. The van der Waals surface area contributed by atoms with Gasteiger partial charge in [0.05, 0.1) is 0 Å². The second-order valence-corrected chi connectivity index (χ2v) is 10.5. The Morgan fingerprint density at radius 3 is 1.58 bits per heavy atom. The van der Waals surface area contributed by atoms with E-state index in [0.717, 1.165) is 19.3 Å². The van der Waals surface area contributed by atoms with Crippen LogP contribution in [0.5, 0.6) is 0 Å². The lowest BCUT2D eigenvalue weighted by molar-refractivity contribution is -0.142. The van der Waals surface area contributed by atoms with E-state index in [-0.39, 0.29) is 24.7 Å². The molecule has 0 radical (unpaired) electrons. The number of carboxylic acid groups (broad SMARTS) is 2. The zero-order chi connectivity index (χ0) is 28.4. The average Bonchev–Trinajstić information content (AvgIpc) is 2.88. The molecule has 0 aromatic heterocycles. The van der Waals surface area contributed by atoms with Crippen LogP contribution in [0.2, 0.25) is 0 Å². The fourth-order valence-electron chi connectivity index (χ4n) is 4.39. The predicted octanol–water partition coefficient (Wildman–Crippen LogP) is 5.30. The minimum atomic E-state index is -1.15. The minimum Gasteiger partial charge on any atom is -0.480 e. The van der Waals surface area contributed by atoms with Gasteiger partial charge in [0.25, 0.3) is 0 Å². The summed E-state index contributed by atoms with van der Waals surface area (Å²) in [6.45, 7) is 2.62. The van der Waals surface area contributed by atoms with Crippen LogP contribution in [0.4, 0.5) is 0 Å². The van der Waals surface area contributed by atoms with Crippen LogP contribution >= 0.6 is 0 Å². The monoisotopic (exact) mass is 541 g/mol. The molecular weight excluding hydrogens is 486 g/mol. The van der Waals surface area contributed by atoms with E-state index in [1.807, 2.05) is 0 Å². The van der Waals surface area contributed by atoms with Gasteiger partial charge in [0, 0.05) is 19.4 Å². The van der Waals surface area contributed by atoms with Crippen LogP contribution in [0.3, 0.4) is 0 Å². The average molecular weight is 542 g/mol. The summed E-state index contributed by atoms with van der Waals surface area (Å²) in [4.78, 5) is 46.2. The van der Waals surface area contributed by atoms with Crippen molar-refractivity contribution in [1.29, 1.82) is 0 Å². The van der Waals surface area contributed by atoms with Crippen LogP contribution in [0.1, 0.15) is 142 Å². The smallest absolute Gasteiger partial charge is 0.326 e. The SMILES string of the molecule is CCCCCCCCCCCCCCCCCC(=O)N[C@@H](CCC(=O)NCCCC[C@H](N)C(=O)O)C(=O)O. The van der Waals surface area contributed by atoms with Gasteiger partial charge >= 0.3 is 11.9 Å². The van der Waals surface area contributed by atoms with E-state index >= 15 is 0 Å². The Hall–Kier alpha value is -2.16. The van der Waals surface area contributed by atoms with Crippen molar-refractivity contribution in [1.82, 2.24) is 10.6 Å². The fourth-order valence-corrected chi connectivity index (χ4v) is 4.39. The molecule has 0 unspecified atom stereocenters. The number of carbonyl (C=O) groups is 4. The van der Waals surface area contributed by atoms with Crippen LogP contribution in [0.25, 0.3) is 0 Å². The van der Waals surface area contributed by atoms with E-state index in [1.165, 1.54) is 77.0 Å². The molecule has 0 bridgehead atoms. The first-order valence-electron chi connectivity index (χ1n) is 15.0. The molecule has 0 saturated carbocycles. The number of unbranched alkanes of at least 4 members (excludes halogenated alkanes) is 15. The van der Waals surface area contributed by atoms with E-state index in [0.29, 0.717) is 32.2 Å². The minimum absolute atomic E-state index is 0.00908. The van der Waals surface area contributed by atoms with Gasteiger partial charge in [0.2, 0.25) is 11.8 Å². The van der Waals surface area contributed by atoms with Crippen LogP contribution in [-0.2, 0) is 19.2 Å². The Bertz CT molecular complexity index is 644. The van der Waals surface area contributed by atoms with Crippen LogP contribution < -0.4 is 16.4 Å². The highest BCUT2D eigenvalue weighted by molar-refractivity contribution is 5.84. The lowest BCUT2D eigenvalue weighted by Crippen LogP contribution is -2.41. The largest absolute Gasteiger partial charge is 0.480 e. The Balaban J connectivity index is 3.73. The van der Waals surface area contributed by atoms with Crippen molar-refractivity contribution in [2.45, 2.75) is 154 Å². The van der Waals surface area contributed by atoms with Crippen molar-refractivity contribution in [3.8, 4) is 0 Å². The van der Waals surface area contributed by atoms with Gasteiger partial charge in [-0.1, -0.05) is 96.8 Å². The molecule has 0 aromatic carbocycles. The maximum Gasteiger partial charge on any atom is 0.326 e. The van der Waals surface area contributed by atoms with E-state index in [9.17, 15) is 24.3 Å². The van der Waals surface area contributed by atoms with E-state index in [4.69, 9.17) is 10.8 Å². The first kappa shape index (κ1) is 35.8. The number of hydrogen-bond donors (Lipinski definition) is 5. The molecule has 0 saturated heterocycles. The number of amides is 2. The summed E-state index contributed by atoms with van der Waals surface area (Å²) >= 11 is 0. The molecule has 2 amide bonds. The van der Waals surface area contributed by atoms with Gasteiger partial charge < -0.3 is 26.6 Å². The van der Waals surface area contributed by atoms with Gasteiger partial charge in [0.1, 0.15) is 12.1 Å². The number of rotatable bonds is 27. The van der Waals surface area contributed by atoms with Crippen molar-refractivity contribution >= 4 is 23.8 Å². The molecule has 9 nitrogen and oxygen atoms in total. The third-order valence-corrected chi connectivity index (χ3v) is 6.88. The van der Waals surface area contributed by atoms with Crippen LogP contribution in [0.15, 0.2) is 0 Å². The molecule has 0 heterocycles.